The van der Waals surface area contributed by atoms with E-state index in [0.717, 1.165) is 0 Å². The van der Waals surface area contributed by atoms with Crippen LogP contribution in [0.2, 0.25) is 0 Å². The van der Waals surface area contributed by atoms with Gasteiger partial charge in [-0.15, -0.1) is 0 Å². The summed E-state index contributed by atoms with van der Waals surface area (Å²) in [5, 5.41) is 15.9. The van der Waals surface area contributed by atoms with Crippen LogP contribution in [0.15, 0.2) is 24.3 Å². The Morgan fingerprint density at radius 1 is 1.46 bits per heavy atom. The van der Waals surface area contributed by atoms with E-state index in [-0.39, 0.29) is 35.9 Å². The molecule has 2 N–H and O–H groups in total. The molecule has 1 fully saturated rings. The number of nitro benzene ring substituents is 1. The Morgan fingerprint density at radius 2 is 2.15 bits per heavy atom. The Labute approximate surface area is 153 Å². The van der Waals surface area contributed by atoms with Crippen LogP contribution >= 0.6 is 12.2 Å². The average Bonchev–Trinajstić information content (AvgIpc) is 2.62. The summed E-state index contributed by atoms with van der Waals surface area (Å²) in [7, 11) is 1.20. The van der Waals surface area contributed by atoms with Crippen LogP contribution in [0.4, 0.5) is 5.69 Å². The summed E-state index contributed by atoms with van der Waals surface area (Å²) in [6, 6.07) is 4.49. The maximum atomic E-state index is 12.4. The fraction of sp³-hybridized carbons (Fsp3) is 0.333. The summed E-state index contributed by atoms with van der Waals surface area (Å²) in [4.78, 5) is 47.7. The highest BCUT2D eigenvalue weighted by Gasteiger charge is 2.34. The second-order valence-corrected chi connectivity index (χ2v) is 5.70. The molecule has 10 nitrogen and oxygen atoms in total. The summed E-state index contributed by atoms with van der Waals surface area (Å²) >= 11 is 5.17. The van der Waals surface area contributed by atoms with Gasteiger partial charge in [-0.1, -0.05) is 12.1 Å². The predicted molar refractivity (Wildman–Crippen MR) is 93.3 cm³/mol. The van der Waals surface area contributed by atoms with Gasteiger partial charge < -0.3 is 15.0 Å². The van der Waals surface area contributed by atoms with Gasteiger partial charge >= 0.3 is 5.97 Å². The molecule has 138 valence electrons. The summed E-state index contributed by atoms with van der Waals surface area (Å²) in [5.74, 6) is -1.81. The van der Waals surface area contributed by atoms with Gasteiger partial charge in [-0.2, -0.15) is 0 Å². The molecule has 11 heteroatoms. The number of piperazine rings is 1. The molecule has 1 aliphatic rings. The molecule has 1 aromatic rings. The number of methoxy groups -OCH3 is 1. The maximum Gasteiger partial charge on any atom is 0.308 e. The smallest absolute Gasteiger partial charge is 0.308 e. The second kappa shape index (κ2) is 8.34. The number of amides is 2. The van der Waals surface area contributed by atoms with Crippen LogP contribution in [0, 0.1) is 10.1 Å². The molecule has 1 aliphatic heterocycles. The van der Waals surface area contributed by atoms with Gasteiger partial charge in [-0.3, -0.25) is 29.8 Å². The van der Waals surface area contributed by atoms with E-state index in [4.69, 9.17) is 12.2 Å². The zero-order chi connectivity index (χ0) is 19.3. The molecule has 0 unspecified atom stereocenters. The van der Waals surface area contributed by atoms with Crippen molar-refractivity contribution in [3.8, 4) is 0 Å². The number of rotatable bonds is 4. The van der Waals surface area contributed by atoms with Gasteiger partial charge in [0.25, 0.3) is 11.6 Å². The molecule has 0 bridgehead atoms. The van der Waals surface area contributed by atoms with Crippen molar-refractivity contribution in [1.82, 2.24) is 15.5 Å². The lowest BCUT2D eigenvalue weighted by Crippen LogP contribution is -2.60. The Balaban J connectivity index is 2.17. The zero-order valence-corrected chi connectivity index (χ0v) is 14.6. The number of benzene rings is 1. The fourth-order valence-corrected chi connectivity index (χ4v) is 2.77. The first-order valence-electron chi connectivity index (χ1n) is 7.55. The maximum absolute atomic E-state index is 12.4. The van der Waals surface area contributed by atoms with Crippen molar-refractivity contribution >= 4 is 40.8 Å². The lowest BCUT2D eigenvalue weighted by atomic mass is 10.1. The normalized spacial score (nSPS) is 16.4. The lowest BCUT2D eigenvalue weighted by molar-refractivity contribution is -0.385. The quantitative estimate of drug-likeness (QED) is 0.322. The topological polar surface area (TPSA) is 131 Å². The molecule has 1 atom stereocenters. The van der Waals surface area contributed by atoms with Crippen LogP contribution < -0.4 is 10.6 Å². The van der Waals surface area contributed by atoms with Crippen molar-refractivity contribution in [2.75, 3.05) is 20.2 Å². The third kappa shape index (κ3) is 4.30. The van der Waals surface area contributed by atoms with Gasteiger partial charge in [0.05, 0.1) is 18.5 Å². The van der Waals surface area contributed by atoms with E-state index in [0.29, 0.717) is 0 Å². The molecule has 1 aromatic carbocycles. The van der Waals surface area contributed by atoms with Crippen LogP contribution in [0.1, 0.15) is 16.8 Å². The Kier molecular flexibility index (Phi) is 6.17. The second-order valence-electron chi connectivity index (χ2n) is 5.31. The van der Waals surface area contributed by atoms with Crippen molar-refractivity contribution in [2.24, 2.45) is 0 Å². The van der Waals surface area contributed by atoms with Crippen molar-refractivity contribution < 1.29 is 24.0 Å². The number of thiocarbonyl (C=S) groups is 1. The number of ether oxygens (including phenoxy) is 1. The third-order valence-corrected chi connectivity index (χ3v) is 4.08. The number of carbonyl (C=O) groups excluding carboxylic acids is 3. The van der Waals surface area contributed by atoms with Crippen molar-refractivity contribution in [3.05, 3.63) is 39.9 Å². The number of nitrogens with one attached hydrogen (secondary N) is 2. The number of nitro groups is 1. The molecule has 1 saturated heterocycles. The molecule has 0 saturated carbocycles. The van der Waals surface area contributed by atoms with E-state index >= 15 is 0 Å². The van der Waals surface area contributed by atoms with Gasteiger partial charge in [0.2, 0.25) is 5.91 Å². The summed E-state index contributed by atoms with van der Waals surface area (Å²) < 4.78 is 4.57. The largest absolute Gasteiger partial charge is 0.469 e. The van der Waals surface area contributed by atoms with Crippen LogP contribution in [-0.4, -0.2) is 59.0 Å². The lowest BCUT2D eigenvalue weighted by Gasteiger charge is -2.36. The summed E-state index contributed by atoms with van der Waals surface area (Å²) in [6.45, 7) is 0.543. The molecule has 1 heterocycles. The molecular formula is C15H16N4O6S. The van der Waals surface area contributed by atoms with Gasteiger partial charge in [0.15, 0.2) is 5.11 Å². The predicted octanol–water partition coefficient (Wildman–Crippen LogP) is -0.0270. The van der Waals surface area contributed by atoms with Gasteiger partial charge in [-0.25, -0.2) is 0 Å². The highest BCUT2D eigenvalue weighted by molar-refractivity contribution is 7.80. The monoisotopic (exact) mass is 380 g/mol. The highest BCUT2D eigenvalue weighted by Crippen LogP contribution is 2.18. The van der Waals surface area contributed by atoms with Crippen LogP contribution in [0.3, 0.4) is 0 Å². The van der Waals surface area contributed by atoms with Crippen molar-refractivity contribution in [1.29, 1.82) is 0 Å². The fourth-order valence-electron chi connectivity index (χ4n) is 2.46. The molecule has 0 aromatic heterocycles. The number of para-hydroxylation sites is 1. The Morgan fingerprint density at radius 3 is 2.81 bits per heavy atom. The number of hydrogen-bond donors (Lipinski definition) is 2. The minimum absolute atomic E-state index is 0.100. The van der Waals surface area contributed by atoms with Crippen LogP contribution in [0.25, 0.3) is 0 Å². The first-order valence-corrected chi connectivity index (χ1v) is 7.96. The van der Waals surface area contributed by atoms with Gasteiger partial charge in [0.1, 0.15) is 11.6 Å². The molecular weight excluding hydrogens is 364 g/mol. The number of esters is 1. The summed E-state index contributed by atoms with van der Waals surface area (Å²) in [6.07, 6.45) is -0.246. The van der Waals surface area contributed by atoms with Crippen LogP contribution in [0.5, 0.6) is 0 Å². The molecule has 0 spiro atoms. The van der Waals surface area contributed by atoms with Gasteiger partial charge in [-0.05, 0) is 18.3 Å². The Bertz CT molecular complexity index is 768. The standard InChI is InChI=1S/C15H16N4O6S/c1-25-12(20)8-11-14(22)16-6-7-18(11)15(26)17-13(21)9-4-2-3-5-10(9)19(23)24/h2-5,11H,6-8H2,1H3,(H,16,22)(H,17,21,26)/t11-/m0/s1. The van der Waals surface area contributed by atoms with Gasteiger partial charge in [0, 0.05) is 19.2 Å². The molecule has 0 aliphatic carbocycles. The molecule has 0 radical (unpaired) electrons. The van der Waals surface area contributed by atoms with E-state index in [1.165, 1.54) is 36.3 Å². The SMILES string of the molecule is COC(=O)C[C@H]1C(=O)NCCN1C(=S)NC(=O)c1ccccc1[N+](=O)[O-]. The van der Waals surface area contributed by atoms with E-state index < -0.39 is 28.7 Å². The minimum Gasteiger partial charge on any atom is -0.469 e. The third-order valence-electron chi connectivity index (χ3n) is 3.75. The van der Waals surface area contributed by atoms with E-state index in [2.05, 4.69) is 15.4 Å². The number of carbonyl (C=O) groups is 3. The average molecular weight is 380 g/mol. The Hall–Kier alpha value is -3.08. The number of hydrogen-bond acceptors (Lipinski definition) is 7. The minimum atomic E-state index is -0.935. The van der Waals surface area contributed by atoms with Crippen LogP contribution in [-0.2, 0) is 14.3 Å². The zero-order valence-electron chi connectivity index (χ0n) is 13.8. The van der Waals surface area contributed by atoms with E-state index in [1.807, 2.05) is 0 Å². The number of nitrogens with zero attached hydrogens (tertiary/aromatic N) is 2. The van der Waals surface area contributed by atoms with Crippen molar-refractivity contribution in [3.63, 3.8) is 0 Å². The van der Waals surface area contributed by atoms with Crippen molar-refractivity contribution in [2.45, 2.75) is 12.5 Å². The first-order chi connectivity index (χ1) is 12.3. The molecule has 26 heavy (non-hydrogen) atoms. The molecule has 2 amide bonds. The van der Waals surface area contributed by atoms with E-state index in [9.17, 15) is 24.5 Å². The molecule has 2 rings (SSSR count). The van der Waals surface area contributed by atoms with E-state index in [1.54, 1.807) is 0 Å². The highest BCUT2D eigenvalue weighted by atomic mass is 32.1. The summed E-state index contributed by atoms with van der Waals surface area (Å²) in [5.41, 5.74) is -0.527. The first kappa shape index (κ1) is 19.2.